The van der Waals surface area contributed by atoms with Crippen molar-refractivity contribution in [1.29, 1.82) is 0 Å². The van der Waals surface area contributed by atoms with E-state index in [9.17, 15) is 13.6 Å². The van der Waals surface area contributed by atoms with Crippen molar-refractivity contribution in [2.45, 2.75) is 6.61 Å². The van der Waals surface area contributed by atoms with Gasteiger partial charge < -0.3 is 4.74 Å². The van der Waals surface area contributed by atoms with Gasteiger partial charge in [-0.3, -0.25) is 9.69 Å². The minimum absolute atomic E-state index is 0.0393. The number of benzene rings is 3. The zero-order valence-electron chi connectivity index (χ0n) is 16.2. The molecule has 1 fully saturated rings. The van der Waals surface area contributed by atoms with Crippen molar-refractivity contribution in [2.75, 3.05) is 4.90 Å². The quantitative estimate of drug-likeness (QED) is 0.268. The first-order valence-corrected chi connectivity index (χ1v) is 11.2. The third-order valence-corrected chi connectivity index (χ3v) is 6.50. The molecule has 1 heterocycles. The van der Waals surface area contributed by atoms with Crippen LogP contribution in [0.15, 0.2) is 65.6 Å². The number of thioether (sulfide) groups is 1. The van der Waals surface area contributed by atoms with Crippen LogP contribution in [0.25, 0.3) is 6.08 Å². The molecule has 0 spiro atoms. The number of amides is 1. The Labute approximate surface area is 202 Å². The van der Waals surface area contributed by atoms with Crippen LogP contribution in [0, 0.1) is 11.6 Å². The lowest BCUT2D eigenvalue weighted by Crippen LogP contribution is -2.27. The van der Waals surface area contributed by atoms with E-state index in [0.29, 0.717) is 26.2 Å². The average Bonchev–Trinajstić information content (AvgIpc) is 3.03. The number of halogens is 4. The van der Waals surface area contributed by atoms with Crippen LogP contribution in [0.4, 0.5) is 14.5 Å². The lowest BCUT2D eigenvalue weighted by Gasteiger charge is -2.14. The van der Waals surface area contributed by atoms with Crippen molar-refractivity contribution in [3.8, 4) is 5.75 Å². The zero-order valence-corrected chi connectivity index (χ0v) is 19.3. The molecule has 0 unspecified atom stereocenters. The molecule has 1 saturated heterocycles. The molecule has 9 heteroatoms. The Balaban J connectivity index is 1.53. The van der Waals surface area contributed by atoms with Crippen LogP contribution in [0.1, 0.15) is 11.1 Å². The van der Waals surface area contributed by atoms with Crippen LogP contribution in [0.3, 0.4) is 0 Å². The van der Waals surface area contributed by atoms with Crippen LogP contribution < -0.4 is 9.64 Å². The Morgan fingerprint density at radius 1 is 1.00 bits per heavy atom. The minimum Gasteiger partial charge on any atom is -0.489 e. The molecule has 1 aliphatic heterocycles. The fourth-order valence-corrected chi connectivity index (χ4v) is 4.68. The van der Waals surface area contributed by atoms with Crippen molar-refractivity contribution in [2.24, 2.45) is 0 Å². The maximum absolute atomic E-state index is 13.9. The average molecular weight is 508 g/mol. The van der Waals surface area contributed by atoms with Gasteiger partial charge >= 0.3 is 0 Å². The topological polar surface area (TPSA) is 29.5 Å². The zero-order chi connectivity index (χ0) is 22.8. The second kappa shape index (κ2) is 9.58. The van der Waals surface area contributed by atoms with Gasteiger partial charge in [0.25, 0.3) is 5.91 Å². The lowest BCUT2D eigenvalue weighted by molar-refractivity contribution is -0.113. The number of ether oxygens (including phenoxy) is 1. The van der Waals surface area contributed by atoms with Gasteiger partial charge in [-0.1, -0.05) is 65.4 Å². The first-order chi connectivity index (χ1) is 15.3. The molecule has 3 aromatic rings. The largest absolute Gasteiger partial charge is 0.489 e. The SMILES string of the molecule is O=C1/C(=C\c2cccc(OCc3c(F)cccc3Cl)c2)SC(=S)N1c1ccc(F)c(Cl)c1. The maximum atomic E-state index is 13.9. The summed E-state index contributed by atoms with van der Waals surface area (Å²) in [4.78, 5) is 14.6. The van der Waals surface area contributed by atoms with E-state index in [-0.39, 0.29) is 28.1 Å². The van der Waals surface area contributed by atoms with E-state index in [1.54, 1.807) is 36.4 Å². The highest BCUT2D eigenvalue weighted by atomic mass is 35.5. The monoisotopic (exact) mass is 507 g/mol. The minimum atomic E-state index is -0.579. The lowest BCUT2D eigenvalue weighted by atomic mass is 10.2. The van der Waals surface area contributed by atoms with Gasteiger partial charge in [0.15, 0.2) is 4.32 Å². The number of carbonyl (C=O) groups excluding carboxylic acids is 1. The summed E-state index contributed by atoms with van der Waals surface area (Å²) in [5, 5.41) is 0.186. The van der Waals surface area contributed by atoms with E-state index in [1.165, 1.54) is 35.2 Å². The molecule has 4 rings (SSSR count). The molecule has 32 heavy (non-hydrogen) atoms. The van der Waals surface area contributed by atoms with Crippen molar-refractivity contribution >= 4 is 69.2 Å². The molecular formula is C23H13Cl2F2NO2S2. The molecule has 1 amide bonds. The number of rotatable bonds is 5. The van der Waals surface area contributed by atoms with Gasteiger partial charge in [0, 0.05) is 5.56 Å². The first kappa shape index (κ1) is 22.7. The normalized spacial score (nSPS) is 15.0. The van der Waals surface area contributed by atoms with Crippen molar-refractivity contribution in [3.63, 3.8) is 0 Å². The number of nitrogens with zero attached hydrogens (tertiary/aromatic N) is 1. The summed E-state index contributed by atoms with van der Waals surface area (Å²) in [6.45, 7) is -0.0393. The molecule has 1 aliphatic rings. The molecule has 162 valence electrons. The van der Waals surface area contributed by atoms with Crippen molar-refractivity contribution < 1.29 is 18.3 Å². The molecule has 0 bridgehead atoms. The van der Waals surface area contributed by atoms with Gasteiger partial charge in [-0.2, -0.15) is 0 Å². The molecule has 0 aromatic heterocycles. The Bertz CT molecular complexity index is 1250. The summed E-state index contributed by atoms with van der Waals surface area (Å²) in [6, 6.07) is 15.4. The molecule has 0 atom stereocenters. The molecular weight excluding hydrogens is 495 g/mol. The van der Waals surface area contributed by atoms with Crippen molar-refractivity contribution in [3.05, 3.63) is 98.4 Å². The highest BCUT2D eigenvalue weighted by molar-refractivity contribution is 8.27. The van der Waals surface area contributed by atoms with Gasteiger partial charge in [0.2, 0.25) is 0 Å². The second-order valence-electron chi connectivity index (χ2n) is 6.68. The summed E-state index contributed by atoms with van der Waals surface area (Å²) in [5.74, 6) is -0.880. The number of thiocarbonyl (C=S) groups is 1. The number of hydrogen-bond donors (Lipinski definition) is 0. The summed E-state index contributed by atoms with van der Waals surface area (Å²) in [7, 11) is 0. The second-order valence-corrected chi connectivity index (χ2v) is 9.17. The Kier molecular flexibility index (Phi) is 6.81. The maximum Gasteiger partial charge on any atom is 0.270 e. The molecule has 0 saturated carbocycles. The molecule has 0 radical (unpaired) electrons. The van der Waals surface area contributed by atoms with Gasteiger partial charge in [0.1, 0.15) is 24.0 Å². The summed E-state index contributed by atoms with van der Waals surface area (Å²) >= 11 is 18.3. The molecule has 0 N–H and O–H groups in total. The van der Waals surface area contributed by atoms with Crippen LogP contribution in [-0.2, 0) is 11.4 Å². The predicted octanol–water partition coefficient (Wildman–Crippen LogP) is 7.26. The van der Waals surface area contributed by atoms with Crippen LogP contribution in [-0.4, -0.2) is 10.2 Å². The van der Waals surface area contributed by atoms with E-state index >= 15 is 0 Å². The summed E-state index contributed by atoms with van der Waals surface area (Å²) in [5.41, 5.74) is 1.35. The highest BCUT2D eigenvalue weighted by Gasteiger charge is 2.33. The Morgan fingerprint density at radius 2 is 1.78 bits per heavy atom. The number of carbonyl (C=O) groups is 1. The van der Waals surface area contributed by atoms with Gasteiger partial charge in [-0.15, -0.1) is 0 Å². The van der Waals surface area contributed by atoms with E-state index in [2.05, 4.69) is 0 Å². The predicted molar refractivity (Wildman–Crippen MR) is 129 cm³/mol. The summed E-state index contributed by atoms with van der Waals surface area (Å²) < 4.78 is 33.4. The van der Waals surface area contributed by atoms with E-state index in [1.807, 2.05) is 0 Å². The third kappa shape index (κ3) is 4.81. The fourth-order valence-electron chi connectivity index (χ4n) is 2.99. The Hall–Kier alpha value is -2.45. The standard InChI is InChI=1S/C23H13Cl2F2NO2S2/c24-17-5-2-6-19(26)16(17)12-30-15-4-1-3-13(9-15)10-21-22(29)28(23(31)32-21)14-7-8-20(27)18(25)11-14/h1-11H,12H2/b21-10+. The van der Waals surface area contributed by atoms with E-state index < -0.39 is 11.6 Å². The molecule has 0 aliphatic carbocycles. The summed E-state index contributed by atoms with van der Waals surface area (Å²) in [6.07, 6.45) is 1.67. The number of hydrogen-bond acceptors (Lipinski definition) is 4. The first-order valence-electron chi connectivity index (χ1n) is 9.22. The smallest absolute Gasteiger partial charge is 0.270 e. The van der Waals surface area contributed by atoms with E-state index in [0.717, 1.165) is 11.8 Å². The van der Waals surface area contributed by atoms with E-state index in [4.69, 9.17) is 40.2 Å². The van der Waals surface area contributed by atoms with Crippen LogP contribution in [0.5, 0.6) is 5.75 Å². The van der Waals surface area contributed by atoms with Crippen molar-refractivity contribution in [1.82, 2.24) is 0 Å². The number of anilines is 1. The molecule has 3 aromatic carbocycles. The Morgan fingerprint density at radius 3 is 2.53 bits per heavy atom. The van der Waals surface area contributed by atoms with Gasteiger partial charge in [-0.05, 0) is 54.1 Å². The van der Waals surface area contributed by atoms with Gasteiger partial charge in [-0.25, -0.2) is 8.78 Å². The molecule has 3 nitrogen and oxygen atoms in total. The van der Waals surface area contributed by atoms with Gasteiger partial charge in [0.05, 0.1) is 20.6 Å². The van der Waals surface area contributed by atoms with Crippen LogP contribution in [0.2, 0.25) is 10.0 Å². The third-order valence-electron chi connectivity index (χ3n) is 4.56. The van der Waals surface area contributed by atoms with Crippen LogP contribution >= 0.6 is 47.2 Å². The fraction of sp³-hybridized carbons (Fsp3) is 0.0435. The highest BCUT2D eigenvalue weighted by Crippen LogP contribution is 2.37.